The van der Waals surface area contributed by atoms with E-state index in [-0.39, 0.29) is 11.9 Å². The molecule has 2 nitrogen and oxygen atoms in total. The van der Waals surface area contributed by atoms with E-state index < -0.39 is 0 Å². The second kappa shape index (κ2) is 8.54. The van der Waals surface area contributed by atoms with Gasteiger partial charge in [0.15, 0.2) is 0 Å². The summed E-state index contributed by atoms with van der Waals surface area (Å²) in [5.74, 6) is -0.179. The third-order valence-electron chi connectivity index (χ3n) is 1.63. The summed E-state index contributed by atoms with van der Waals surface area (Å²) in [5.41, 5.74) is 0. The minimum atomic E-state index is -0.140. The summed E-state index contributed by atoms with van der Waals surface area (Å²) in [6.45, 7) is 6.15. The van der Waals surface area contributed by atoms with Gasteiger partial charge in [-0.15, -0.1) is 0 Å². The SMILES string of the molecule is CC/C=C\C/C=C\COC(=O)C(C)C. The van der Waals surface area contributed by atoms with Crippen molar-refractivity contribution in [2.24, 2.45) is 5.92 Å². The predicted octanol–water partition coefficient (Wildman–Crippen LogP) is 3.10. The van der Waals surface area contributed by atoms with E-state index in [0.29, 0.717) is 6.61 Å². The molecule has 0 aliphatic heterocycles. The second-order valence-corrected chi connectivity index (χ2v) is 3.37. The van der Waals surface area contributed by atoms with Crippen LogP contribution in [0.25, 0.3) is 0 Å². The topological polar surface area (TPSA) is 26.3 Å². The number of carbonyl (C=O) groups excluding carboxylic acids is 1. The summed E-state index contributed by atoms with van der Waals surface area (Å²) in [4.78, 5) is 11.0. The molecule has 0 N–H and O–H groups in total. The molecule has 0 atom stereocenters. The summed E-state index contributed by atoms with van der Waals surface area (Å²) in [6.07, 6.45) is 10.1. The molecular weight excluding hydrogens is 176 g/mol. The molecule has 0 saturated carbocycles. The van der Waals surface area contributed by atoms with Crippen LogP contribution in [-0.2, 0) is 9.53 Å². The minimum absolute atomic E-state index is 0.0385. The molecule has 0 heterocycles. The molecule has 0 aromatic heterocycles. The van der Waals surface area contributed by atoms with E-state index >= 15 is 0 Å². The summed E-state index contributed by atoms with van der Waals surface area (Å²) in [5, 5.41) is 0. The maximum absolute atomic E-state index is 11.0. The quantitative estimate of drug-likeness (QED) is 0.482. The standard InChI is InChI=1S/C12H20O2/c1-4-5-6-7-8-9-10-14-12(13)11(2)3/h5-6,8-9,11H,4,7,10H2,1-3H3/b6-5-,9-8-. The Hall–Kier alpha value is -1.05. The smallest absolute Gasteiger partial charge is 0.308 e. The molecule has 0 aliphatic carbocycles. The van der Waals surface area contributed by atoms with Crippen molar-refractivity contribution in [1.82, 2.24) is 0 Å². The molecule has 14 heavy (non-hydrogen) atoms. The number of carbonyl (C=O) groups is 1. The van der Waals surface area contributed by atoms with Crippen LogP contribution in [0.15, 0.2) is 24.3 Å². The van der Waals surface area contributed by atoms with Crippen LogP contribution in [0.5, 0.6) is 0 Å². The molecule has 0 unspecified atom stereocenters. The van der Waals surface area contributed by atoms with E-state index in [2.05, 4.69) is 19.1 Å². The summed E-state index contributed by atoms with van der Waals surface area (Å²) >= 11 is 0. The Morgan fingerprint density at radius 3 is 2.43 bits per heavy atom. The van der Waals surface area contributed by atoms with E-state index in [4.69, 9.17) is 4.74 Å². The first kappa shape index (κ1) is 12.9. The van der Waals surface area contributed by atoms with E-state index in [9.17, 15) is 4.79 Å². The van der Waals surface area contributed by atoms with Gasteiger partial charge in [-0.3, -0.25) is 4.79 Å². The van der Waals surface area contributed by atoms with Crippen molar-refractivity contribution in [1.29, 1.82) is 0 Å². The highest BCUT2D eigenvalue weighted by Crippen LogP contribution is 1.96. The number of esters is 1. The van der Waals surface area contributed by atoms with Gasteiger partial charge >= 0.3 is 5.97 Å². The molecule has 0 rings (SSSR count). The highest BCUT2D eigenvalue weighted by atomic mass is 16.5. The largest absolute Gasteiger partial charge is 0.461 e. The monoisotopic (exact) mass is 196 g/mol. The predicted molar refractivity (Wildman–Crippen MR) is 59.0 cm³/mol. The highest BCUT2D eigenvalue weighted by molar-refractivity contribution is 5.71. The Morgan fingerprint density at radius 1 is 1.21 bits per heavy atom. The van der Waals surface area contributed by atoms with Gasteiger partial charge in [0, 0.05) is 0 Å². The molecule has 0 aliphatic rings. The zero-order chi connectivity index (χ0) is 10.8. The van der Waals surface area contributed by atoms with Crippen molar-refractivity contribution in [3.8, 4) is 0 Å². The van der Waals surface area contributed by atoms with Crippen LogP contribution < -0.4 is 0 Å². The molecule has 0 aromatic carbocycles. The molecule has 2 heteroatoms. The molecule has 0 spiro atoms. The van der Waals surface area contributed by atoms with Gasteiger partial charge in [0.1, 0.15) is 6.61 Å². The fourth-order valence-electron chi connectivity index (χ4n) is 0.803. The summed E-state index contributed by atoms with van der Waals surface area (Å²) < 4.78 is 4.96. The third kappa shape index (κ3) is 7.59. The molecule has 80 valence electrons. The van der Waals surface area contributed by atoms with Crippen molar-refractivity contribution < 1.29 is 9.53 Å². The van der Waals surface area contributed by atoms with Gasteiger partial charge < -0.3 is 4.74 Å². The van der Waals surface area contributed by atoms with Crippen molar-refractivity contribution in [2.45, 2.75) is 33.6 Å². The van der Waals surface area contributed by atoms with Gasteiger partial charge in [-0.25, -0.2) is 0 Å². The molecular formula is C12H20O2. The van der Waals surface area contributed by atoms with Crippen LogP contribution in [0.4, 0.5) is 0 Å². The molecule has 0 amide bonds. The third-order valence-corrected chi connectivity index (χ3v) is 1.63. The number of hydrogen-bond acceptors (Lipinski definition) is 2. The summed E-state index contributed by atoms with van der Waals surface area (Å²) in [6, 6.07) is 0. The molecule has 0 aromatic rings. The van der Waals surface area contributed by atoms with Crippen LogP contribution in [-0.4, -0.2) is 12.6 Å². The summed E-state index contributed by atoms with van der Waals surface area (Å²) in [7, 11) is 0. The van der Waals surface area contributed by atoms with E-state index in [0.717, 1.165) is 12.8 Å². The average molecular weight is 196 g/mol. The second-order valence-electron chi connectivity index (χ2n) is 3.37. The first-order chi connectivity index (χ1) is 6.68. The Labute approximate surface area is 86.6 Å². The van der Waals surface area contributed by atoms with Gasteiger partial charge in [-0.2, -0.15) is 0 Å². The molecule has 0 fully saturated rings. The van der Waals surface area contributed by atoms with Crippen LogP contribution in [0.1, 0.15) is 33.6 Å². The first-order valence-electron chi connectivity index (χ1n) is 5.15. The van der Waals surface area contributed by atoms with Gasteiger partial charge in [0.05, 0.1) is 5.92 Å². The maximum atomic E-state index is 11.0. The fraction of sp³-hybridized carbons (Fsp3) is 0.583. The van der Waals surface area contributed by atoms with E-state index in [1.165, 1.54) is 0 Å². The molecule has 0 saturated heterocycles. The van der Waals surface area contributed by atoms with Crippen molar-refractivity contribution in [3.63, 3.8) is 0 Å². The number of rotatable bonds is 6. The zero-order valence-corrected chi connectivity index (χ0v) is 9.32. The highest BCUT2D eigenvalue weighted by Gasteiger charge is 2.05. The average Bonchev–Trinajstić information content (AvgIpc) is 2.16. The van der Waals surface area contributed by atoms with Crippen molar-refractivity contribution in [3.05, 3.63) is 24.3 Å². The number of allylic oxidation sites excluding steroid dienone is 3. The van der Waals surface area contributed by atoms with Crippen LogP contribution in [0.2, 0.25) is 0 Å². The fourth-order valence-corrected chi connectivity index (χ4v) is 0.803. The lowest BCUT2D eigenvalue weighted by molar-refractivity contribution is -0.146. The van der Waals surface area contributed by atoms with Crippen molar-refractivity contribution in [2.75, 3.05) is 6.61 Å². The Morgan fingerprint density at radius 2 is 1.86 bits per heavy atom. The van der Waals surface area contributed by atoms with Gasteiger partial charge in [0.2, 0.25) is 0 Å². The number of hydrogen-bond donors (Lipinski definition) is 0. The maximum Gasteiger partial charge on any atom is 0.308 e. The van der Waals surface area contributed by atoms with Crippen LogP contribution in [0.3, 0.4) is 0 Å². The van der Waals surface area contributed by atoms with Crippen LogP contribution in [0, 0.1) is 5.92 Å². The van der Waals surface area contributed by atoms with Gasteiger partial charge in [-0.05, 0) is 12.8 Å². The van der Waals surface area contributed by atoms with E-state index in [1.54, 1.807) is 0 Å². The lowest BCUT2D eigenvalue weighted by atomic mass is 10.2. The lowest BCUT2D eigenvalue weighted by Gasteiger charge is -2.03. The Bertz CT molecular complexity index is 202. The molecule has 0 bridgehead atoms. The van der Waals surface area contributed by atoms with Gasteiger partial charge in [0.25, 0.3) is 0 Å². The Kier molecular flexibility index (Phi) is 7.90. The van der Waals surface area contributed by atoms with E-state index in [1.807, 2.05) is 26.0 Å². The van der Waals surface area contributed by atoms with Crippen LogP contribution >= 0.6 is 0 Å². The minimum Gasteiger partial charge on any atom is -0.461 e. The zero-order valence-electron chi connectivity index (χ0n) is 9.32. The normalized spacial score (nSPS) is 11.7. The Balaban J connectivity index is 3.44. The lowest BCUT2D eigenvalue weighted by Crippen LogP contribution is -2.11. The number of ether oxygens (including phenoxy) is 1. The molecule has 0 radical (unpaired) electrons. The van der Waals surface area contributed by atoms with Gasteiger partial charge in [-0.1, -0.05) is 45.1 Å². The van der Waals surface area contributed by atoms with Crippen molar-refractivity contribution >= 4 is 5.97 Å². The first-order valence-corrected chi connectivity index (χ1v) is 5.15.